The first-order chi connectivity index (χ1) is 13.6. The summed E-state index contributed by atoms with van der Waals surface area (Å²) < 4.78 is 50.6. The van der Waals surface area contributed by atoms with Crippen LogP contribution >= 0.6 is 11.6 Å². The number of nitrogens with zero attached hydrogens (tertiary/aromatic N) is 1. The lowest BCUT2D eigenvalue weighted by Gasteiger charge is -2.39. The highest BCUT2D eigenvalue weighted by Crippen LogP contribution is 2.36. The van der Waals surface area contributed by atoms with Gasteiger partial charge in [0.2, 0.25) is 12.2 Å². The summed E-state index contributed by atoms with van der Waals surface area (Å²) in [5.41, 5.74) is -1.01. The van der Waals surface area contributed by atoms with Gasteiger partial charge in [0.1, 0.15) is 30.1 Å². The monoisotopic (exact) mass is 438 g/mol. The van der Waals surface area contributed by atoms with Crippen molar-refractivity contribution in [2.75, 3.05) is 6.61 Å². The molecule has 0 saturated carbocycles. The lowest BCUT2D eigenvalue weighted by Crippen LogP contribution is -2.60. The van der Waals surface area contributed by atoms with Gasteiger partial charge >= 0.3 is 6.18 Å². The zero-order valence-corrected chi connectivity index (χ0v) is 15.4. The van der Waals surface area contributed by atoms with Crippen LogP contribution in [0.3, 0.4) is 0 Å². The molecule has 1 unspecified atom stereocenters. The van der Waals surface area contributed by atoms with Crippen molar-refractivity contribution in [3.05, 3.63) is 46.1 Å². The molecule has 12 heteroatoms. The summed E-state index contributed by atoms with van der Waals surface area (Å²) in [6.07, 6.45) is -13.1. The molecule has 2 aromatic rings. The summed E-state index contributed by atoms with van der Waals surface area (Å²) >= 11 is 5.79. The second-order valence-corrected chi connectivity index (χ2v) is 6.93. The van der Waals surface area contributed by atoms with Crippen LogP contribution in [0, 0.1) is 0 Å². The Kier molecular flexibility index (Phi) is 6.36. The first-order valence-corrected chi connectivity index (χ1v) is 8.85. The number of aromatic amines is 1. The molecule has 1 aromatic heterocycles. The SMILES string of the molecule is OC[C@H]1OC(Oc2n[nH]c(C(F)(F)F)c2Cc2ccc(Cl)cc2)[C@H](O)[C@@H](O)[C@@H]1O. The van der Waals surface area contributed by atoms with Crippen LogP contribution < -0.4 is 4.74 Å². The molecule has 1 saturated heterocycles. The molecule has 8 nitrogen and oxygen atoms in total. The minimum Gasteiger partial charge on any atom is -0.443 e. The van der Waals surface area contributed by atoms with Gasteiger partial charge in [0, 0.05) is 11.4 Å². The average Bonchev–Trinajstić information content (AvgIpc) is 3.06. The van der Waals surface area contributed by atoms with E-state index in [0.717, 1.165) is 0 Å². The maximum absolute atomic E-state index is 13.4. The fraction of sp³-hybridized carbons (Fsp3) is 0.471. The van der Waals surface area contributed by atoms with Crippen molar-refractivity contribution >= 4 is 11.6 Å². The Morgan fingerprint density at radius 3 is 2.34 bits per heavy atom. The molecule has 1 fully saturated rings. The molecule has 0 spiro atoms. The summed E-state index contributed by atoms with van der Waals surface area (Å²) in [5, 5.41) is 44.7. The molecule has 5 N–H and O–H groups in total. The van der Waals surface area contributed by atoms with Crippen LogP contribution in [0.5, 0.6) is 5.88 Å². The lowest BCUT2D eigenvalue weighted by molar-refractivity contribution is -0.278. The van der Waals surface area contributed by atoms with E-state index in [-0.39, 0.29) is 12.0 Å². The number of hydrogen-bond acceptors (Lipinski definition) is 7. The van der Waals surface area contributed by atoms with Gasteiger partial charge in [0.25, 0.3) is 0 Å². The molecule has 2 heterocycles. The second kappa shape index (κ2) is 8.46. The number of aromatic nitrogens is 2. The van der Waals surface area contributed by atoms with E-state index in [1.54, 1.807) is 0 Å². The molecule has 1 aromatic carbocycles. The number of halogens is 4. The summed E-state index contributed by atoms with van der Waals surface area (Å²) in [6, 6.07) is 6.10. The van der Waals surface area contributed by atoms with Crippen LogP contribution in [0.4, 0.5) is 13.2 Å². The van der Waals surface area contributed by atoms with Crippen LogP contribution in [0.25, 0.3) is 0 Å². The predicted octanol–water partition coefficient (Wildman–Crippen LogP) is 0.851. The number of alkyl halides is 3. The highest BCUT2D eigenvalue weighted by Gasteiger charge is 2.46. The van der Waals surface area contributed by atoms with Gasteiger partial charge in [-0.1, -0.05) is 23.7 Å². The molecular formula is C17H18ClF3N2O6. The van der Waals surface area contributed by atoms with Gasteiger partial charge in [-0.3, -0.25) is 5.10 Å². The number of benzene rings is 1. The maximum atomic E-state index is 13.4. The summed E-state index contributed by atoms with van der Waals surface area (Å²) in [4.78, 5) is 0. The van der Waals surface area contributed by atoms with Crippen LogP contribution in [-0.4, -0.2) is 67.9 Å². The van der Waals surface area contributed by atoms with Crippen molar-refractivity contribution < 1.29 is 43.1 Å². The Hall–Kier alpha value is -1.89. The third kappa shape index (κ3) is 4.65. The van der Waals surface area contributed by atoms with E-state index >= 15 is 0 Å². The van der Waals surface area contributed by atoms with E-state index < -0.39 is 55.1 Å². The van der Waals surface area contributed by atoms with Gasteiger partial charge in [-0.05, 0) is 17.7 Å². The van der Waals surface area contributed by atoms with E-state index in [1.165, 1.54) is 24.3 Å². The van der Waals surface area contributed by atoms with Crippen LogP contribution in [0.15, 0.2) is 24.3 Å². The number of H-pyrrole nitrogens is 1. The average molecular weight is 439 g/mol. The molecule has 0 radical (unpaired) electrons. The second-order valence-electron chi connectivity index (χ2n) is 6.50. The molecule has 1 aliphatic rings. The zero-order valence-electron chi connectivity index (χ0n) is 14.7. The van der Waals surface area contributed by atoms with Crippen molar-refractivity contribution in [2.45, 2.75) is 43.3 Å². The van der Waals surface area contributed by atoms with Crippen molar-refractivity contribution in [2.24, 2.45) is 0 Å². The van der Waals surface area contributed by atoms with Crippen LogP contribution in [0.2, 0.25) is 5.02 Å². The summed E-state index contributed by atoms with van der Waals surface area (Å²) in [5.74, 6) is -0.503. The maximum Gasteiger partial charge on any atom is 0.433 e. The number of aliphatic hydroxyl groups excluding tert-OH is 4. The minimum atomic E-state index is -4.76. The number of ether oxygens (including phenoxy) is 2. The normalized spacial score (nSPS) is 27.8. The molecule has 3 rings (SSSR count). The summed E-state index contributed by atoms with van der Waals surface area (Å²) in [6.45, 7) is -0.712. The van der Waals surface area contributed by atoms with Gasteiger partial charge in [0.05, 0.1) is 12.2 Å². The third-order valence-electron chi connectivity index (χ3n) is 4.48. The van der Waals surface area contributed by atoms with E-state index in [2.05, 4.69) is 5.10 Å². The largest absolute Gasteiger partial charge is 0.443 e. The van der Waals surface area contributed by atoms with E-state index in [9.17, 15) is 33.6 Å². The number of hydrogen-bond donors (Lipinski definition) is 5. The highest BCUT2D eigenvalue weighted by atomic mass is 35.5. The van der Waals surface area contributed by atoms with Gasteiger partial charge in [-0.25, -0.2) is 0 Å². The molecule has 5 atom stereocenters. The lowest BCUT2D eigenvalue weighted by atomic mass is 9.99. The molecule has 0 bridgehead atoms. The first-order valence-electron chi connectivity index (χ1n) is 8.48. The fourth-order valence-electron chi connectivity index (χ4n) is 2.93. The smallest absolute Gasteiger partial charge is 0.433 e. The number of rotatable bonds is 5. The summed E-state index contributed by atoms with van der Waals surface area (Å²) in [7, 11) is 0. The molecule has 0 amide bonds. The van der Waals surface area contributed by atoms with Crippen molar-refractivity contribution in [1.82, 2.24) is 10.2 Å². The zero-order chi connectivity index (χ0) is 21.3. The van der Waals surface area contributed by atoms with Crippen LogP contribution in [0.1, 0.15) is 16.8 Å². The standard InChI is InChI=1S/C17H18ClF3N2O6/c18-8-3-1-7(2-4-8)5-9-14(17(19,20)21)22-23-15(9)29-16-13(27)12(26)11(25)10(6-24)28-16/h1-4,10-13,16,24-27H,5-6H2,(H,22,23)/t10-,11-,12+,13-,16?/m1/s1. The van der Waals surface area contributed by atoms with Gasteiger partial charge in [-0.15, -0.1) is 5.10 Å². The first kappa shape index (κ1) is 21.8. The topological polar surface area (TPSA) is 128 Å². The van der Waals surface area contributed by atoms with Gasteiger partial charge < -0.3 is 29.9 Å². The molecule has 29 heavy (non-hydrogen) atoms. The molecule has 160 valence electrons. The highest BCUT2D eigenvalue weighted by molar-refractivity contribution is 6.30. The van der Waals surface area contributed by atoms with E-state index in [0.29, 0.717) is 10.6 Å². The number of nitrogens with one attached hydrogen (secondary N) is 1. The Morgan fingerprint density at radius 1 is 1.10 bits per heavy atom. The van der Waals surface area contributed by atoms with E-state index in [4.69, 9.17) is 21.1 Å². The van der Waals surface area contributed by atoms with Gasteiger partial charge in [-0.2, -0.15) is 13.2 Å². The van der Waals surface area contributed by atoms with Crippen molar-refractivity contribution in [3.63, 3.8) is 0 Å². The van der Waals surface area contributed by atoms with Gasteiger partial charge in [0.15, 0.2) is 0 Å². The minimum absolute atomic E-state index is 0.227. The van der Waals surface area contributed by atoms with Crippen molar-refractivity contribution in [1.29, 1.82) is 0 Å². The predicted molar refractivity (Wildman–Crippen MR) is 92.2 cm³/mol. The Labute approximate surface area is 167 Å². The quantitative estimate of drug-likeness (QED) is 0.468. The molecule has 0 aliphatic carbocycles. The molecule has 1 aliphatic heterocycles. The van der Waals surface area contributed by atoms with Crippen molar-refractivity contribution in [3.8, 4) is 5.88 Å². The number of aliphatic hydroxyl groups is 4. The third-order valence-corrected chi connectivity index (χ3v) is 4.74. The Balaban J connectivity index is 1.90. The van der Waals surface area contributed by atoms with E-state index in [1.807, 2.05) is 5.10 Å². The Bertz CT molecular complexity index is 830. The molecular weight excluding hydrogens is 421 g/mol. The fourth-order valence-corrected chi connectivity index (χ4v) is 3.05. The van der Waals surface area contributed by atoms with Crippen LogP contribution in [-0.2, 0) is 17.3 Å². The Morgan fingerprint density at radius 2 is 1.76 bits per heavy atom.